The molecule has 0 aliphatic carbocycles. The lowest BCUT2D eigenvalue weighted by Crippen LogP contribution is -2.29. The van der Waals surface area contributed by atoms with Crippen LogP contribution in [0.3, 0.4) is 0 Å². The Labute approximate surface area is 229 Å². The molecule has 1 fully saturated rings. The zero-order chi connectivity index (χ0) is 26.6. The number of rotatable bonds is 9. The Kier molecular flexibility index (Phi) is 7.59. The summed E-state index contributed by atoms with van der Waals surface area (Å²) in [4.78, 5) is 18.3. The topological polar surface area (TPSA) is 97.1 Å². The predicted molar refractivity (Wildman–Crippen MR) is 148 cm³/mol. The average molecular weight is 550 g/mol. The zero-order valence-electron chi connectivity index (χ0n) is 20.3. The SMILES string of the molecule is COCCOc1ccc(N2C(=S)N[C@@H](c3ccccn3)[C@@H]2c2ccc(-c3ccccc3C(=O)O)o2)cc1Cl. The fourth-order valence-corrected chi connectivity index (χ4v) is 5.03. The molecule has 0 saturated carbocycles. The lowest BCUT2D eigenvalue weighted by Gasteiger charge is -2.26. The van der Waals surface area contributed by atoms with Gasteiger partial charge in [0.05, 0.1) is 28.9 Å². The number of hydrogen-bond acceptors (Lipinski definition) is 6. The van der Waals surface area contributed by atoms with Gasteiger partial charge in [-0.3, -0.25) is 4.98 Å². The number of pyridine rings is 1. The molecule has 8 nitrogen and oxygen atoms in total. The molecule has 0 spiro atoms. The number of anilines is 1. The number of aromatic carboxylic acids is 1. The summed E-state index contributed by atoms with van der Waals surface area (Å²) in [6, 6.07) is 20.7. The molecule has 1 aliphatic heterocycles. The van der Waals surface area contributed by atoms with E-state index in [4.69, 9.17) is 37.7 Å². The van der Waals surface area contributed by atoms with Crippen molar-refractivity contribution in [3.05, 3.63) is 101 Å². The van der Waals surface area contributed by atoms with Gasteiger partial charge in [0.25, 0.3) is 0 Å². The van der Waals surface area contributed by atoms with Gasteiger partial charge in [0.15, 0.2) is 5.11 Å². The van der Waals surface area contributed by atoms with Crippen LogP contribution in [0.1, 0.15) is 33.9 Å². The Morgan fingerprint density at radius 1 is 1.13 bits per heavy atom. The van der Waals surface area contributed by atoms with Crippen LogP contribution < -0.4 is 15.0 Å². The average Bonchev–Trinajstić information content (AvgIpc) is 3.55. The molecule has 1 saturated heterocycles. The molecule has 10 heteroatoms. The predicted octanol–water partition coefficient (Wildman–Crippen LogP) is 5.90. The number of methoxy groups -OCH3 is 1. The maximum absolute atomic E-state index is 11.8. The van der Waals surface area contributed by atoms with Crippen LogP contribution in [0.4, 0.5) is 5.69 Å². The molecule has 38 heavy (non-hydrogen) atoms. The van der Waals surface area contributed by atoms with Crippen molar-refractivity contribution in [2.45, 2.75) is 12.1 Å². The number of carboxylic acid groups (broad SMARTS) is 1. The first-order valence-corrected chi connectivity index (χ1v) is 12.6. The van der Waals surface area contributed by atoms with Gasteiger partial charge in [-0.25, -0.2) is 4.79 Å². The van der Waals surface area contributed by atoms with Crippen LogP contribution in [0.15, 0.2) is 83.4 Å². The minimum absolute atomic E-state index is 0.155. The molecule has 0 bridgehead atoms. The highest BCUT2D eigenvalue weighted by atomic mass is 35.5. The quantitative estimate of drug-likeness (QED) is 0.195. The smallest absolute Gasteiger partial charge is 0.336 e. The van der Waals surface area contributed by atoms with Crippen LogP contribution in [0.25, 0.3) is 11.3 Å². The van der Waals surface area contributed by atoms with Crippen molar-refractivity contribution in [1.82, 2.24) is 10.3 Å². The van der Waals surface area contributed by atoms with E-state index >= 15 is 0 Å². The van der Waals surface area contributed by atoms with E-state index in [1.54, 1.807) is 55.8 Å². The normalized spacial score (nSPS) is 16.9. The number of carboxylic acids is 1. The lowest BCUT2D eigenvalue weighted by molar-refractivity contribution is 0.0697. The molecule has 2 aromatic heterocycles. The van der Waals surface area contributed by atoms with Crippen molar-refractivity contribution in [2.24, 2.45) is 0 Å². The summed E-state index contributed by atoms with van der Waals surface area (Å²) in [6.07, 6.45) is 1.72. The molecular weight excluding hydrogens is 526 g/mol. The van der Waals surface area contributed by atoms with Crippen molar-refractivity contribution in [2.75, 3.05) is 25.2 Å². The minimum atomic E-state index is -1.03. The number of ether oxygens (including phenoxy) is 2. The number of hydrogen-bond donors (Lipinski definition) is 2. The number of aromatic nitrogens is 1. The van der Waals surface area contributed by atoms with Crippen molar-refractivity contribution in [3.63, 3.8) is 0 Å². The van der Waals surface area contributed by atoms with E-state index in [1.165, 1.54) is 0 Å². The van der Waals surface area contributed by atoms with Crippen molar-refractivity contribution in [3.8, 4) is 17.1 Å². The van der Waals surface area contributed by atoms with Crippen LogP contribution in [-0.2, 0) is 4.74 Å². The third-order valence-corrected chi connectivity index (χ3v) is 6.79. The van der Waals surface area contributed by atoms with Crippen LogP contribution in [0, 0.1) is 0 Å². The number of halogens is 1. The first kappa shape index (κ1) is 25.7. The van der Waals surface area contributed by atoms with E-state index in [9.17, 15) is 9.90 Å². The number of benzene rings is 2. The van der Waals surface area contributed by atoms with Gasteiger partial charge in [-0.1, -0.05) is 35.9 Å². The molecular formula is C28H24ClN3O5S. The second-order valence-electron chi connectivity index (χ2n) is 8.51. The first-order chi connectivity index (χ1) is 18.5. The molecule has 3 heterocycles. The van der Waals surface area contributed by atoms with Gasteiger partial charge >= 0.3 is 5.97 Å². The van der Waals surface area contributed by atoms with Crippen molar-refractivity contribution < 1.29 is 23.8 Å². The van der Waals surface area contributed by atoms with E-state index in [0.29, 0.717) is 46.2 Å². The summed E-state index contributed by atoms with van der Waals surface area (Å²) in [5.41, 5.74) is 2.15. The van der Waals surface area contributed by atoms with Gasteiger partial charge in [0.1, 0.15) is 29.9 Å². The summed E-state index contributed by atoms with van der Waals surface area (Å²) in [7, 11) is 1.61. The highest BCUT2D eigenvalue weighted by Gasteiger charge is 2.42. The van der Waals surface area contributed by atoms with Gasteiger partial charge in [0, 0.05) is 24.6 Å². The molecule has 5 rings (SSSR count). The highest BCUT2D eigenvalue weighted by Crippen LogP contribution is 2.44. The zero-order valence-corrected chi connectivity index (χ0v) is 21.9. The van der Waals surface area contributed by atoms with E-state index in [-0.39, 0.29) is 11.6 Å². The largest absolute Gasteiger partial charge is 0.490 e. The van der Waals surface area contributed by atoms with Crippen LogP contribution >= 0.6 is 23.8 Å². The number of nitrogens with zero attached hydrogens (tertiary/aromatic N) is 2. The van der Waals surface area contributed by atoms with E-state index in [0.717, 1.165) is 11.4 Å². The summed E-state index contributed by atoms with van der Waals surface area (Å²) in [5.74, 6) is 0.529. The number of thiocarbonyl (C=S) groups is 1. The summed E-state index contributed by atoms with van der Waals surface area (Å²) < 4.78 is 17.1. The Bertz CT molecular complexity index is 1460. The molecule has 2 N–H and O–H groups in total. The molecule has 4 aromatic rings. The molecule has 2 atom stereocenters. The maximum Gasteiger partial charge on any atom is 0.336 e. The fraction of sp³-hybridized carbons (Fsp3) is 0.179. The molecule has 1 aliphatic rings. The van der Waals surface area contributed by atoms with E-state index < -0.39 is 12.0 Å². The minimum Gasteiger partial charge on any atom is -0.490 e. The van der Waals surface area contributed by atoms with E-state index in [2.05, 4.69) is 10.3 Å². The molecule has 0 amide bonds. The standard InChI is InChI=1S/C28H24ClN3O5S/c1-35-14-15-36-23-10-9-17(16-20(23)29)32-26(25(31-28(32)38)21-8-4-5-13-30-21)24-12-11-22(37-24)18-6-2-3-7-19(18)27(33)34/h2-13,16,25-26H,14-15H2,1H3,(H,31,38)(H,33,34)/t25-,26-/m0/s1. The van der Waals surface area contributed by atoms with Crippen molar-refractivity contribution in [1.29, 1.82) is 0 Å². The van der Waals surface area contributed by atoms with Gasteiger partial charge in [-0.15, -0.1) is 0 Å². The van der Waals surface area contributed by atoms with Gasteiger partial charge < -0.3 is 29.2 Å². The molecule has 2 aromatic carbocycles. The van der Waals surface area contributed by atoms with Gasteiger partial charge in [-0.2, -0.15) is 0 Å². The number of nitrogens with one attached hydrogen (secondary N) is 1. The number of furan rings is 1. The molecule has 0 radical (unpaired) electrons. The van der Waals surface area contributed by atoms with Gasteiger partial charge in [-0.05, 0) is 60.7 Å². The second kappa shape index (κ2) is 11.2. The fourth-order valence-electron chi connectivity index (χ4n) is 4.45. The summed E-state index contributed by atoms with van der Waals surface area (Å²) >= 11 is 12.3. The molecule has 194 valence electrons. The Hall–Kier alpha value is -3.92. The summed E-state index contributed by atoms with van der Waals surface area (Å²) in [5, 5.41) is 13.9. The highest BCUT2D eigenvalue weighted by molar-refractivity contribution is 7.80. The van der Waals surface area contributed by atoms with Crippen LogP contribution in [0.2, 0.25) is 5.02 Å². The Balaban J connectivity index is 1.55. The number of carbonyl (C=O) groups is 1. The van der Waals surface area contributed by atoms with E-state index in [1.807, 2.05) is 35.2 Å². The second-order valence-corrected chi connectivity index (χ2v) is 9.30. The van der Waals surface area contributed by atoms with Crippen LogP contribution in [-0.4, -0.2) is 41.5 Å². The van der Waals surface area contributed by atoms with Gasteiger partial charge in [0.2, 0.25) is 0 Å². The Morgan fingerprint density at radius 2 is 1.95 bits per heavy atom. The van der Waals surface area contributed by atoms with Crippen molar-refractivity contribution >= 4 is 40.6 Å². The maximum atomic E-state index is 11.8. The lowest BCUT2D eigenvalue weighted by atomic mass is 10.0. The van der Waals surface area contributed by atoms with Crippen LogP contribution in [0.5, 0.6) is 5.75 Å². The third kappa shape index (κ3) is 5.08. The Morgan fingerprint density at radius 3 is 2.68 bits per heavy atom. The summed E-state index contributed by atoms with van der Waals surface area (Å²) in [6.45, 7) is 0.814. The monoisotopic (exact) mass is 549 g/mol. The third-order valence-electron chi connectivity index (χ3n) is 6.18. The first-order valence-electron chi connectivity index (χ1n) is 11.8. The molecule has 0 unspecified atom stereocenters.